The summed E-state index contributed by atoms with van der Waals surface area (Å²) >= 11 is 0. The molecule has 17 heavy (non-hydrogen) atoms. The van der Waals surface area contributed by atoms with Gasteiger partial charge >= 0.3 is 5.97 Å². The van der Waals surface area contributed by atoms with Gasteiger partial charge < -0.3 is 14.6 Å². The Morgan fingerprint density at radius 3 is 2.71 bits per heavy atom. The molecule has 94 valence electrons. The van der Waals surface area contributed by atoms with Crippen molar-refractivity contribution < 1.29 is 19.4 Å². The van der Waals surface area contributed by atoms with E-state index in [4.69, 9.17) is 14.6 Å². The molecule has 1 aromatic rings. The standard InChI is InChI=1S/C13H18O4/c1-4-9(2)8-17-10-5-6-11(13(14)15)12(7-10)16-3/h5-7,9H,4,8H2,1-3H3,(H,14,15)/t9-/m0/s1. The van der Waals surface area contributed by atoms with Crippen molar-refractivity contribution in [2.75, 3.05) is 13.7 Å². The van der Waals surface area contributed by atoms with Crippen molar-refractivity contribution in [1.29, 1.82) is 0 Å². The Labute approximate surface area is 101 Å². The second-order valence-corrected chi connectivity index (χ2v) is 3.99. The number of methoxy groups -OCH3 is 1. The highest BCUT2D eigenvalue weighted by atomic mass is 16.5. The van der Waals surface area contributed by atoms with Gasteiger partial charge in [0.05, 0.1) is 13.7 Å². The van der Waals surface area contributed by atoms with E-state index in [1.165, 1.54) is 13.2 Å². The molecule has 0 aliphatic rings. The Morgan fingerprint density at radius 2 is 2.18 bits per heavy atom. The zero-order chi connectivity index (χ0) is 12.8. The molecule has 0 unspecified atom stereocenters. The first kappa shape index (κ1) is 13.4. The van der Waals surface area contributed by atoms with Gasteiger partial charge in [-0.25, -0.2) is 4.79 Å². The van der Waals surface area contributed by atoms with Crippen LogP contribution in [0.4, 0.5) is 0 Å². The Hall–Kier alpha value is -1.71. The Balaban J connectivity index is 2.79. The van der Waals surface area contributed by atoms with Gasteiger partial charge in [-0.1, -0.05) is 20.3 Å². The van der Waals surface area contributed by atoms with E-state index < -0.39 is 5.97 Å². The van der Waals surface area contributed by atoms with E-state index in [9.17, 15) is 4.79 Å². The van der Waals surface area contributed by atoms with E-state index in [0.717, 1.165) is 6.42 Å². The van der Waals surface area contributed by atoms with Crippen LogP contribution in [0, 0.1) is 5.92 Å². The molecule has 1 aromatic carbocycles. The largest absolute Gasteiger partial charge is 0.496 e. The van der Waals surface area contributed by atoms with E-state index in [2.05, 4.69) is 13.8 Å². The smallest absolute Gasteiger partial charge is 0.339 e. The summed E-state index contributed by atoms with van der Waals surface area (Å²) in [6.07, 6.45) is 1.05. The fourth-order valence-corrected chi connectivity index (χ4v) is 1.29. The van der Waals surface area contributed by atoms with Crippen molar-refractivity contribution in [2.24, 2.45) is 5.92 Å². The third-order valence-corrected chi connectivity index (χ3v) is 2.63. The van der Waals surface area contributed by atoms with Crippen molar-refractivity contribution in [1.82, 2.24) is 0 Å². The van der Waals surface area contributed by atoms with Crippen LogP contribution in [0.2, 0.25) is 0 Å². The van der Waals surface area contributed by atoms with Crippen LogP contribution in [0.25, 0.3) is 0 Å². The molecule has 0 radical (unpaired) electrons. The maximum Gasteiger partial charge on any atom is 0.339 e. The number of hydrogen-bond acceptors (Lipinski definition) is 3. The first-order valence-electron chi connectivity index (χ1n) is 5.62. The van der Waals surface area contributed by atoms with Crippen LogP contribution in [0.15, 0.2) is 18.2 Å². The fraction of sp³-hybridized carbons (Fsp3) is 0.462. The Morgan fingerprint density at radius 1 is 1.47 bits per heavy atom. The number of benzene rings is 1. The number of ether oxygens (including phenoxy) is 2. The summed E-state index contributed by atoms with van der Waals surface area (Å²) in [5.74, 6) is 0.418. The number of carboxylic acid groups (broad SMARTS) is 1. The highest BCUT2D eigenvalue weighted by Crippen LogP contribution is 2.25. The summed E-state index contributed by atoms with van der Waals surface area (Å²) in [7, 11) is 1.44. The molecular formula is C13H18O4. The molecule has 0 aliphatic carbocycles. The minimum absolute atomic E-state index is 0.142. The summed E-state index contributed by atoms with van der Waals surface area (Å²) < 4.78 is 10.6. The van der Waals surface area contributed by atoms with Crippen LogP contribution in [0.5, 0.6) is 11.5 Å². The number of carboxylic acids is 1. The highest BCUT2D eigenvalue weighted by molar-refractivity contribution is 5.91. The van der Waals surface area contributed by atoms with Crippen LogP contribution < -0.4 is 9.47 Å². The fourth-order valence-electron chi connectivity index (χ4n) is 1.29. The predicted molar refractivity (Wildman–Crippen MR) is 64.9 cm³/mol. The van der Waals surface area contributed by atoms with Gasteiger partial charge in [0.15, 0.2) is 0 Å². The maximum absolute atomic E-state index is 10.9. The van der Waals surface area contributed by atoms with Gasteiger partial charge in [-0.2, -0.15) is 0 Å². The van der Waals surface area contributed by atoms with E-state index in [1.54, 1.807) is 12.1 Å². The predicted octanol–water partition coefficient (Wildman–Crippen LogP) is 2.82. The molecule has 0 aromatic heterocycles. The quantitative estimate of drug-likeness (QED) is 0.828. The molecular weight excluding hydrogens is 220 g/mol. The van der Waals surface area contributed by atoms with Crippen molar-refractivity contribution in [3.8, 4) is 11.5 Å². The van der Waals surface area contributed by atoms with Gasteiger partial charge in [0, 0.05) is 6.07 Å². The molecule has 0 bridgehead atoms. The SMILES string of the molecule is CC[C@H](C)COc1ccc(C(=O)O)c(OC)c1. The summed E-state index contributed by atoms with van der Waals surface area (Å²) in [4.78, 5) is 10.9. The molecule has 1 N–H and O–H groups in total. The lowest BCUT2D eigenvalue weighted by Gasteiger charge is -2.12. The van der Waals surface area contributed by atoms with E-state index in [1.807, 2.05) is 0 Å². The molecule has 0 aliphatic heterocycles. The second-order valence-electron chi connectivity index (χ2n) is 3.99. The number of hydrogen-bond donors (Lipinski definition) is 1. The zero-order valence-corrected chi connectivity index (χ0v) is 10.4. The molecule has 0 saturated carbocycles. The third kappa shape index (κ3) is 3.66. The summed E-state index contributed by atoms with van der Waals surface area (Å²) in [5.41, 5.74) is 0.142. The minimum Gasteiger partial charge on any atom is -0.496 e. The van der Waals surface area contributed by atoms with Crippen LogP contribution in [-0.2, 0) is 0 Å². The second kappa shape index (κ2) is 6.13. The monoisotopic (exact) mass is 238 g/mol. The van der Waals surface area contributed by atoms with Crippen LogP contribution in [0.1, 0.15) is 30.6 Å². The van der Waals surface area contributed by atoms with Gasteiger partial charge in [-0.3, -0.25) is 0 Å². The summed E-state index contributed by atoms with van der Waals surface area (Å²) in [6, 6.07) is 4.74. The molecule has 0 amide bonds. The van der Waals surface area contributed by atoms with E-state index in [-0.39, 0.29) is 5.56 Å². The van der Waals surface area contributed by atoms with E-state index in [0.29, 0.717) is 24.0 Å². The minimum atomic E-state index is -1.00. The maximum atomic E-state index is 10.9. The van der Waals surface area contributed by atoms with Crippen molar-refractivity contribution in [3.63, 3.8) is 0 Å². The molecule has 0 saturated heterocycles. The van der Waals surface area contributed by atoms with Crippen molar-refractivity contribution in [3.05, 3.63) is 23.8 Å². The number of aromatic carboxylic acids is 1. The van der Waals surface area contributed by atoms with Gasteiger partial charge in [-0.15, -0.1) is 0 Å². The molecule has 0 fully saturated rings. The van der Waals surface area contributed by atoms with Crippen molar-refractivity contribution in [2.45, 2.75) is 20.3 Å². The average molecular weight is 238 g/mol. The molecule has 4 heteroatoms. The van der Waals surface area contributed by atoms with Crippen molar-refractivity contribution >= 4 is 5.97 Å². The average Bonchev–Trinajstić information content (AvgIpc) is 2.35. The lowest BCUT2D eigenvalue weighted by Crippen LogP contribution is -2.08. The number of carbonyl (C=O) groups is 1. The van der Waals surface area contributed by atoms with Gasteiger partial charge in [0.2, 0.25) is 0 Å². The van der Waals surface area contributed by atoms with Gasteiger partial charge in [0.1, 0.15) is 17.1 Å². The topological polar surface area (TPSA) is 55.8 Å². The zero-order valence-electron chi connectivity index (χ0n) is 10.4. The lowest BCUT2D eigenvalue weighted by atomic mass is 10.1. The lowest BCUT2D eigenvalue weighted by molar-refractivity contribution is 0.0693. The van der Waals surface area contributed by atoms with Crippen LogP contribution >= 0.6 is 0 Å². The molecule has 1 rings (SSSR count). The van der Waals surface area contributed by atoms with Crippen LogP contribution in [-0.4, -0.2) is 24.8 Å². The first-order valence-corrected chi connectivity index (χ1v) is 5.62. The first-order chi connectivity index (χ1) is 8.08. The molecule has 1 atom stereocenters. The van der Waals surface area contributed by atoms with Gasteiger partial charge in [0.25, 0.3) is 0 Å². The normalized spacial score (nSPS) is 11.9. The molecule has 0 heterocycles. The Bertz CT molecular complexity index is 387. The summed E-state index contributed by atoms with van der Waals surface area (Å²) in [5, 5.41) is 8.92. The number of rotatable bonds is 6. The third-order valence-electron chi connectivity index (χ3n) is 2.63. The molecule has 0 spiro atoms. The Kier molecular flexibility index (Phi) is 4.82. The molecule has 4 nitrogen and oxygen atoms in total. The van der Waals surface area contributed by atoms with E-state index >= 15 is 0 Å². The van der Waals surface area contributed by atoms with Gasteiger partial charge in [-0.05, 0) is 18.1 Å². The summed E-state index contributed by atoms with van der Waals surface area (Å²) in [6.45, 7) is 4.82. The van der Waals surface area contributed by atoms with Crippen LogP contribution in [0.3, 0.4) is 0 Å². The highest BCUT2D eigenvalue weighted by Gasteiger charge is 2.12.